The van der Waals surface area contributed by atoms with Crippen LogP contribution in [-0.2, 0) is 4.79 Å². The molecule has 0 bridgehead atoms. The summed E-state index contributed by atoms with van der Waals surface area (Å²) in [5.41, 5.74) is 3.96. The zero-order chi connectivity index (χ0) is 17.3. The van der Waals surface area contributed by atoms with Gasteiger partial charge in [-0.3, -0.25) is 9.59 Å². The highest BCUT2D eigenvalue weighted by Gasteiger charge is 2.25. The second kappa shape index (κ2) is 6.67. The van der Waals surface area contributed by atoms with Crippen LogP contribution in [0.2, 0.25) is 0 Å². The Morgan fingerprint density at radius 3 is 2.83 bits per heavy atom. The Bertz CT molecular complexity index is 778. The van der Waals surface area contributed by atoms with E-state index >= 15 is 0 Å². The molecule has 0 unspecified atom stereocenters. The predicted octanol–water partition coefficient (Wildman–Crippen LogP) is 3.50. The van der Waals surface area contributed by atoms with Gasteiger partial charge in [-0.25, -0.2) is 0 Å². The van der Waals surface area contributed by atoms with E-state index < -0.39 is 5.97 Å². The first-order chi connectivity index (χ1) is 11.4. The molecule has 0 saturated carbocycles. The summed E-state index contributed by atoms with van der Waals surface area (Å²) in [6.07, 6.45) is 2.76. The highest BCUT2D eigenvalue weighted by atomic mass is 16.4. The Kier molecular flexibility index (Phi) is 4.60. The molecule has 3 rings (SSSR count). The van der Waals surface area contributed by atoms with Crippen LogP contribution < -0.4 is 0 Å². The second-order valence-electron chi connectivity index (χ2n) is 6.92. The maximum Gasteiger partial charge on any atom is 0.303 e. The largest absolute Gasteiger partial charge is 0.481 e. The molecule has 1 aromatic carbocycles. The Balaban J connectivity index is 1.76. The molecule has 1 amide bonds. The predicted molar refractivity (Wildman–Crippen MR) is 93.3 cm³/mol. The number of aliphatic carboxylic acids is 1. The molecule has 128 valence electrons. The summed E-state index contributed by atoms with van der Waals surface area (Å²) in [5.74, 6) is -0.463. The quantitative estimate of drug-likeness (QED) is 0.902. The third-order valence-corrected chi connectivity index (χ3v) is 4.89. The van der Waals surface area contributed by atoms with Crippen molar-refractivity contribution in [3.05, 3.63) is 35.0 Å². The van der Waals surface area contributed by atoms with Crippen molar-refractivity contribution >= 4 is 22.8 Å². The number of nitrogens with zero attached hydrogens (tertiary/aromatic N) is 1. The molecule has 2 N–H and O–H groups in total. The van der Waals surface area contributed by atoms with Gasteiger partial charge >= 0.3 is 5.97 Å². The third kappa shape index (κ3) is 3.45. The van der Waals surface area contributed by atoms with E-state index in [0.717, 1.165) is 30.3 Å². The minimum Gasteiger partial charge on any atom is -0.481 e. The monoisotopic (exact) mass is 328 g/mol. The summed E-state index contributed by atoms with van der Waals surface area (Å²) in [7, 11) is 0. The van der Waals surface area contributed by atoms with E-state index in [-0.39, 0.29) is 18.2 Å². The lowest BCUT2D eigenvalue weighted by atomic mass is 9.93. The first-order valence-corrected chi connectivity index (χ1v) is 8.55. The standard InChI is InChI=1S/C19H24N2O3/c1-12-8-13(2)15-10-17(20-16(15)9-12)19(24)21-7-3-4-14(11-21)5-6-18(22)23/h8-10,14,20H,3-7,11H2,1-2H3,(H,22,23)/t14-/m0/s1. The number of carboxylic acids is 1. The fourth-order valence-electron chi connectivity index (χ4n) is 3.70. The Hall–Kier alpha value is -2.30. The maximum atomic E-state index is 12.8. The number of carboxylic acid groups (broad SMARTS) is 1. The number of benzene rings is 1. The van der Waals surface area contributed by atoms with Crippen molar-refractivity contribution in [3.8, 4) is 0 Å². The highest BCUT2D eigenvalue weighted by Crippen LogP contribution is 2.25. The van der Waals surface area contributed by atoms with Crippen LogP contribution in [0.5, 0.6) is 0 Å². The number of aromatic nitrogens is 1. The first kappa shape index (κ1) is 16.6. The Labute approximate surface area is 141 Å². The van der Waals surface area contributed by atoms with Gasteiger partial charge in [0.1, 0.15) is 5.69 Å². The lowest BCUT2D eigenvalue weighted by molar-refractivity contribution is -0.137. The van der Waals surface area contributed by atoms with Crippen molar-refractivity contribution in [1.29, 1.82) is 0 Å². The van der Waals surface area contributed by atoms with Crippen LogP contribution in [0.15, 0.2) is 18.2 Å². The van der Waals surface area contributed by atoms with Crippen LogP contribution in [0.25, 0.3) is 10.9 Å². The third-order valence-electron chi connectivity index (χ3n) is 4.89. The summed E-state index contributed by atoms with van der Waals surface area (Å²) in [6.45, 7) is 5.50. The number of hydrogen-bond donors (Lipinski definition) is 2. The molecular formula is C19H24N2O3. The average Bonchev–Trinajstić information content (AvgIpc) is 2.96. The van der Waals surface area contributed by atoms with Gasteiger partial charge in [0.15, 0.2) is 0 Å². The van der Waals surface area contributed by atoms with Gasteiger partial charge in [-0.15, -0.1) is 0 Å². The van der Waals surface area contributed by atoms with E-state index in [1.165, 1.54) is 11.1 Å². The lowest BCUT2D eigenvalue weighted by Gasteiger charge is -2.32. The molecule has 2 aromatic rings. The first-order valence-electron chi connectivity index (χ1n) is 8.55. The minimum absolute atomic E-state index is 0.0169. The zero-order valence-electron chi connectivity index (χ0n) is 14.3. The molecule has 24 heavy (non-hydrogen) atoms. The van der Waals surface area contributed by atoms with E-state index in [1.807, 2.05) is 17.9 Å². The van der Waals surface area contributed by atoms with Crippen LogP contribution in [0.4, 0.5) is 0 Å². The minimum atomic E-state index is -0.764. The maximum absolute atomic E-state index is 12.8. The molecule has 0 aliphatic carbocycles. The van der Waals surface area contributed by atoms with Crippen LogP contribution in [-0.4, -0.2) is 40.0 Å². The molecule has 5 heteroatoms. The van der Waals surface area contributed by atoms with Gasteiger partial charge < -0.3 is 15.0 Å². The van der Waals surface area contributed by atoms with Gasteiger partial charge in [0.05, 0.1) is 0 Å². The number of piperidine rings is 1. The number of carbonyl (C=O) groups is 2. The number of fused-ring (bicyclic) bond motifs is 1. The number of aryl methyl sites for hydroxylation is 2. The summed E-state index contributed by atoms with van der Waals surface area (Å²) < 4.78 is 0. The van der Waals surface area contributed by atoms with Crippen molar-refractivity contribution in [2.24, 2.45) is 5.92 Å². The second-order valence-corrected chi connectivity index (χ2v) is 6.92. The van der Waals surface area contributed by atoms with Crippen molar-refractivity contribution in [2.75, 3.05) is 13.1 Å². The molecule has 2 heterocycles. The summed E-state index contributed by atoms with van der Waals surface area (Å²) >= 11 is 0. The number of nitrogens with one attached hydrogen (secondary N) is 1. The van der Waals surface area contributed by atoms with E-state index in [4.69, 9.17) is 5.11 Å². The van der Waals surface area contributed by atoms with Gasteiger partial charge in [-0.05, 0) is 62.3 Å². The van der Waals surface area contributed by atoms with Crippen LogP contribution in [0, 0.1) is 19.8 Å². The van der Waals surface area contributed by atoms with Crippen molar-refractivity contribution < 1.29 is 14.7 Å². The smallest absolute Gasteiger partial charge is 0.303 e. The molecule has 1 aliphatic rings. The fourth-order valence-corrected chi connectivity index (χ4v) is 3.70. The van der Waals surface area contributed by atoms with Crippen molar-refractivity contribution in [2.45, 2.75) is 39.5 Å². The van der Waals surface area contributed by atoms with Crippen LogP contribution in [0.1, 0.15) is 47.3 Å². The van der Waals surface area contributed by atoms with E-state index in [2.05, 4.69) is 24.0 Å². The topological polar surface area (TPSA) is 73.4 Å². The van der Waals surface area contributed by atoms with Crippen LogP contribution >= 0.6 is 0 Å². The average molecular weight is 328 g/mol. The number of carbonyl (C=O) groups excluding carboxylic acids is 1. The summed E-state index contributed by atoms with van der Waals surface area (Å²) in [5, 5.41) is 9.93. The Morgan fingerprint density at radius 1 is 1.29 bits per heavy atom. The number of amides is 1. The van der Waals surface area contributed by atoms with Gasteiger partial charge in [0.25, 0.3) is 5.91 Å². The molecular weight excluding hydrogens is 304 g/mol. The molecule has 0 radical (unpaired) electrons. The van der Waals surface area contributed by atoms with E-state index in [9.17, 15) is 9.59 Å². The zero-order valence-corrected chi connectivity index (χ0v) is 14.3. The Morgan fingerprint density at radius 2 is 2.08 bits per heavy atom. The number of rotatable bonds is 4. The summed E-state index contributed by atoms with van der Waals surface area (Å²) in [6, 6.07) is 6.12. The molecule has 0 spiro atoms. The molecule has 1 fully saturated rings. The highest BCUT2D eigenvalue weighted by molar-refractivity contribution is 5.99. The van der Waals surface area contributed by atoms with Crippen molar-refractivity contribution in [3.63, 3.8) is 0 Å². The SMILES string of the molecule is Cc1cc(C)c2cc(C(=O)N3CCC[C@@H](CCC(=O)O)C3)[nH]c2c1. The van der Waals surface area contributed by atoms with Crippen molar-refractivity contribution in [1.82, 2.24) is 9.88 Å². The van der Waals surface area contributed by atoms with Crippen LogP contribution in [0.3, 0.4) is 0 Å². The normalized spacial score (nSPS) is 18.1. The van der Waals surface area contributed by atoms with Gasteiger partial charge in [-0.1, -0.05) is 6.07 Å². The molecule has 5 nitrogen and oxygen atoms in total. The van der Waals surface area contributed by atoms with E-state index in [1.54, 1.807) is 0 Å². The number of likely N-dealkylation sites (tertiary alicyclic amines) is 1. The number of aromatic amines is 1. The molecule has 1 aliphatic heterocycles. The lowest BCUT2D eigenvalue weighted by Crippen LogP contribution is -2.40. The van der Waals surface area contributed by atoms with Gasteiger partial charge in [-0.2, -0.15) is 0 Å². The molecule has 1 saturated heterocycles. The molecule has 1 atom stereocenters. The van der Waals surface area contributed by atoms with Gasteiger partial charge in [0, 0.05) is 30.4 Å². The number of hydrogen-bond acceptors (Lipinski definition) is 2. The van der Waals surface area contributed by atoms with Gasteiger partial charge in [0.2, 0.25) is 0 Å². The van der Waals surface area contributed by atoms with E-state index in [0.29, 0.717) is 18.7 Å². The molecule has 1 aromatic heterocycles. The summed E-state index contributed by atoms with van der Waals surface area (Å²) in [4.78, 5) is 28.7. The number of H-pyrrole nitrogens is 1. The fraction of sp³-hybridized carbons (Fsp3) is 0.474.